The van der Waals surface area contributed by atoms with Gasteiger partial charge in [0.15, 0.2) is 17.2 Å². The molecular weight excluding hydrogens is 530 g/mol. The quantitative estimate of drug-likeness (QED) is 0.168. The van der Waals surface area contributed by atoms with Crippen molar-refractivity contribution in [2.45, 2.75) is 13.5 Å². The zero-order valence-electron chi connectivity index (χ0n) is 20.2. The summed E-state index contributed by atoms with van der Waals surface area (Å²) in [6, 6.07) is 31.4. The van der Waals surface area contributed by atoms with Crippen LogP contribution in [0.5, 0.6) is 11.5 Å². The third kappa shape index (κ3) is 5.98. The largest absolute Gasteiger partial charge is 0.490 e. The minimum absolute atomic E-state index is 0.230. The summed E-state index contributed by atoms with van der Waals surface area (Å²) in [5.74, 6) is 1.02. The standard InChI is InChI=1S/C31H24BrNO4/c1-2-35-29-19-22(10-17-28(29)36-20-21-8-15-26(32)16-9-21)18-27-31(34)37-30(33-27)25-13-11-24(12-14-25)23-6-4-3-5-7-23/h3-19H,2,20H2,1H3/b27-18-. The number of halogens is 1. The molecule has 0 amide bonds. The van der Waals surface area contributed by atoms with Crippen molar-refractivity contribution in [3.05, 3.63) is 124 Å². The number of carbonyl (C=O) groups is 1. The Kier molecular flexibility index (Phi) is 7.47. The molecule has 4 aromatic carbocycles. The van der Waals surface area contributed by atoms with Gasteiger partial charge >= 0.3 is 5.97 Å². The van der Waals surface area contributed by atoms with E-state index in [2.05, 4.69) is 33.1 Å². The number of cyclic esters (lactones) is 1. The van der Waals surface area contributed by atoms with Gasteiger partial charge < -0.3 is 14.2 Å². The molecule has 5 rings (SSSR count). The lowest BCUT2D eigenvalue weighted by Crippen LogP contribution is -2.05. The summed E-state index contributed by atoms with van der Waals surface area (Å²) >= 11 is 3.44. The molecule has 0 aromatic heterocycles. The maximum absolute atomic E-state index is 12.5. The van der Waals surface area contributed by atoms with Crippen molar-refractivity contribution in [3.8, 4) is 22.6 Å². The summed E-state index contributed by atoms with van der Waals surface area (Å²) in [4.78, 5) is 17.0. The molecule has 4 aromatic rings. The van der Waals surface area contributed by atoms with E-state index in [0.717, 1.165) is 32.3 Å². The minimum atomic E-state index is -0.490. The predicted octanol–water partition coefficient (Wildman–Crippen LogP) is 7.44. The van der Waals surface area contributed by atoms with E-state index in [1.165, 1.54) is 0 Å². The second kappa shape index (κ2) is 11.3. The van der Waals surface area contributed by atoms with Crippen LogP contribution >= 0.6 is 15.9 Å². The Balaban J connectivity index is 1.34. The van der Waals surface area contributed by atoms with Crippen molar-refractivity contribution < 1.29 is 19.0 Å². The Morgan fingerprint density at radius 3 is 2.24 bits per heavy atom. The van der Waals surface area contributed by atoms with Gasteiger partial charge in [0.2, 0.25) is 5.90 Å². The first-order valence-electron chi connectivity index (χ1n) is 11.9. The molecule has 0 spiro atoms. The summed E-state index contributed by atoms with van der Waals surface area (Å²) in [5.41, 5.74) is 4.97. The molecule has 0 bridgehead atoms. The first-order valence-corrected chi connectivity index (χ1v) is 12.7. The highest BCUT2D eigenvalue weighted by atomic mass is 79.9. The molecule has 0 atom stereocenters. The number of hydrogen-bond acceptors (Lipinski definition) is 5. The second-order valence-corrected chi connectivity index (χ2v) is 9.25. The molecule has 0 fully saturated rings. The van der Waals surface area contributed by atoms with Gasteiger partial charge in [-0.15, -0.1) is 0 Å². The van der Waals surface area contributed by atoms with Crippen molar-refractivity contribution in [1.82, 2.24) is 0 Å². The van der Waals surface area contributed by atoms with E-state index < -0.39 is 5.97 Å². The van der Waals surface area contributed by atoms with Gasteiger partial charge in [-0.2, -0.15) is 0 Å². The van der Waals surface area contributed by atoms with E-state index in [0.29, 0.717) is 24.7 Å². The van der Waals surface area contributed by atoms with Crippen molar-refractivity contribution in [2.24, 2.45) is 4.99 Å². The normalized spacial score (nSPS) is 13.8. The van der Waals surface area contributed by atoms with Gasteiger partial charge in [-0.05, 0) is 71.7 Å². The van der Waals surface area contributed by atoms with Crippen LogP contribution in [-0.4, -0.2) is 18.5 Å². The fraction of sp³-hybridized carbons (Fsp3) is 0.0968. The van der Waals surface area contributed by atoms with Gasteiger partial charge in [-0.3, -0.25) is 0 Å². The van der Waals surface area contributed by atoms with Crippen molar-refractivity contribution in [1.29, 1.82) is 0 Å². The molecule has 0 saturated carbocycles. The van der Waals surface area contributed by atoms with Crippen LogP contribution in [0, 0.1) is 0 Å². The average molecular weight is 554 g/mol. The molecular formula is C31H24BrNO4. The van der Waals surface area contributed by atoms with Gasteiger partial charge in [0.05, 0.1) is 6.61 Å². The number of carbonyl (C=O) groups excluding carboxylic acids is 1. The molecule has 0 unspecified atom stereocenters. The summed E-state index contributed by atoms with van der Waals surface area (Å²) in [7, 11) is 0. The molecule has 184 valence electrons. The lowest BCUT2D eigenvalue weighted by atomic mass is 10.0. The Bertz CT molecular complexity index is 1460. The molecule has 5 nitrogen and oxygen atoms in total. The van der Waals surface area contributed by atoms with E-state index in [-0.39, 0.29) is 11.6 Å². The van der Waals surface area contributed by atoms with Crippen LogP contribution in [0.25, 0.3) is 17.2 Å². The fourth-order valence-electron chi connectivity index (χ4n) is 3.87. The monoisotopic (exact) mass is 553 g/mol. The Morgan fingerprint density at radius 1 is 0.811 bits per heavy atom. The van der Waals surface area contributed by atoms with E-state index in [4.69, 9.17) is 14.2 Å². The number of nitrogens with zero attached hydrogens (tertiary/aromatic N) is 1. The zero-order chi connectivity index (χ0) is 25.6. The average Bonchev–Trinajstić information content (AvgIpc) is 3.30. The summed E-state index contributed by atoms with van der Waals surface area (Å²) in [6.07, 6.45) is 1.69. The van der Waals surface area contributed by atoms with Crippen LogP contribution in [0.15, 0.2) is 112 Å². The van der Waals surface area contributed by atoms with Crippen LogP contribution < -0.4 is 9.47 Å². The molecule has 1 heterocycles. The maximum Gasteiger partial charge on any atom is 0.363 e. The maximum atomic E-state index is 12.5. The molecule has 0 N–H and O–H groups in total. The third-order valence-electron chi connectivity index (χ3n) is 5.74. The topological polar surface area (TPSA) is 57.1 Å². The molecule has 0 saturated heterocycles. The van der Waals surface area contributed by atoms with Crippen LogP contribution in [0.1, 0.15) is 23.6 Å². The summed E-state index contributed by atoms with van der Waals surface area (Å²) < 4.78 is 18.3. The summed E-state index contributed by atoms with van der Waals surface area (Å²) in [5, 5.41) is 0. The number of aliphatic imine (C=N–C) groups is 1. The SMILES string of the molecule is CCOc1cc(/C=C2\N=C(c3ccc(-c4ccccc4)cc3)OC2=O)ccc1OCc1ccc(Br)cc1. The minimum Gasteiger partial charge on any atom is -0.490 e. The highest BCUT2D eigenvalue weighted by Gasteiger charge is 2.24. The van der Waals surface area contributed by atoms with E-state index in [1.807, 2.05) is 91.9 Å². The van der Waals surface area contributed by atoms with Crippen LogP contribution in [0.4, 0.5) is 0 Å². The third-order valence-corrected chi connectivity index (χ3v) is 6.27. The highest BCUT2D eigenvalue weighted by molar-refractivity contribution is 9.10. The van der Waals surface area contributed by atoms with Gasteiger partial charge in [-0.1, -0.05) is 76.6 Å². The van der Waals surface area contributed by atoms with Crippen LogP contribution in [-0.2, 0) is 16.1 Å². The first kappa shape index (κ1) is 24.5. The molecule has 0 radical (unpaired) electrons. The Labute approximate surface area is 224 Å². The van der Waals surface area contributed by atoms with E-state index >= 15 is 0 Å². The predicted molar refractivity (Wildman–Crippen MR) is 149 cm³/mol. The number of esters is 1. The van der Waals surface area contributed by atoms with Gasteiger partial charge in [-0.25, -0.2) is 9.79 Å². The van der Waals surface area contributed by atoms with Crippen LogP contribution in [0.2, 0.25) is 0 Å². The molecule has 6 heteroatoms. The van der Waals surface area contributed by atoms with E-state index in [9.17, 15) is 4.79 Å². The number of rotatable bonds is 8. The number of hydrogen-bond donors (Lipinski definition) is 0. The lowest BCUT2D eigenvalue weighted by Gasteiger charge is -2.13. The molecule has 1 aliphatic heterocycles. The smallest absolute Gasteiger partial charge is 0.363 e. The van der Waals surface area contributed by atoms with Crippen molar-refractivity contribution >= 4 is 33.9 Å². The zero-order valence-corrected chi connectivity index (χ0v) is 21.8. The molecule has 0 aliphatic carbocycles. The first-order chi connectivity index (χ1) is 18.1. The fourth-order valence-corrected chi connectivity index (χ4v) is 4.13. The molecule has 1 aliphatic rings. The lowest BCUT2D eigenvalue weighted by molar-refractivity contribution is -0.129. The van der Waals surface area contributed by atoms with Gasteiger partial charge in [0, 0.05) is 10.0 Å². The number of benzene rings is 4. The van der Waals surface area contributed by atoms with Gasteiger partial charge in [0.1, 0.15) is 6.61 Å². The van der Waals surface area contributed by atoms with E-state index in [1.54, 1.807) is 6.08 Å². The Morgan fingerprint density at radius 2 is 1.51 bits per heavy atom. The van der Waals surface area contributed by atoms with Crippen molar-refractivity contribution in [3.63, 3.8) is 0 Å². The van der Waals surface area contributed by atoms with Crippen molar-refractivity contribution in [2.75, 3.05) is 6.61 Å². The molecule has 37 heavy (non-hydrogen) atoms. The van der Waals surface area contributed by atoms with Crippen LogP contribution in [0.3, 0.4) is 0 Å². The second-order valence-electron chi connectivity index (χ2n) is 8.33. The highest BCUT2D eigenvalue weighted by Crippen LogP contribution is 2.31. The Hall–Kier alpha value is -4.16. The number of ether oxygens (including phenoxy) is 3. The summed E-state index contributed by atoms with van der Waals surface area (Å²) in [6.45, 7) is 2.81. The van der Waals surface area contributed by atoms with Gasteiger partial charge in [0.25, 0.3) is 0 Å².